The molecule has 4 aliphatic rings. The molecule has 0 heterocycles. The van der Waals surface area contributed by atoms with Crippen molar-refractivity contribution in [3.05, 3.63) is 11.6 Å². The lowest BCUT2D eigenvalue weighted by atomic mass is 9.47. The molecule has 0 aromatic heterocycles. The molecule has 4 nitrogen and oxygen atoms in total. The van der Waals surface area contributed by atoms with Gasteiger partial charge in [-0.1, -0.05) is 25.5 Å². The monoisotopic (exact) mass is 357 g/mol. The van der Waals surface area contributed by atoms with Crippen LogP contribution in [0, 0.1) is 39.9 Å². The maximum atomic E-state index is 11.3. The summed E-state index contributed by atoms with van der Waals surface area (Å²) in [5, 5.41) is 20.5. The van der Waals surface area contributed by atoms with Crippen LogP contribution in [0.15, 0.2) is 11.6 Å². The van der Waals surface area contributed by atoms with Gasteiger partial charge in [0.25, 0.3) is 0 Å². The summed E-state index contributed by atoms with van der Waals surface area (Å²) in [6, 6.07) is 2.26. The van der Waals surface area contributed by atoms with Gasteiger partial charge in [-0.05, 0) is 68.1 Å². The largest absolute Gasteiger partial charge is 0.462 e. The molecule has 26 heavy (non-hydrogen) atoms. The van der Waals surface area contributed by atoms with Gasteiger partial charge in [0.1, 0.15) is 6.10 Å². The second-order valence-corrected chi connectivity index (χ2v) is 9.70. The first-order valence-electron chi connectivity index (χ1n) is 10.2. The minimum atomic E-state index is -1.15. The van der Waals surface area contributed by atoms with Crippen molar-refractivity contribution in [1.82, 2.24) is 0 Å². The van der Waals surface area contributed by atoms with Crippen LogP contribution < -0.4 is 0 Å². The number of ether oxygens (including phenoxy) is 1. The third-order valence-corrected chi connectivity index (χ3v) is 8.73. The minimum absolute atomic E-state index is 0.0346. The molecule has 4 aliphatic carbocycles. The van der Waals surface area contributed by atoms with Gasteiger partial charge in [0.15, 0.2) is 5.60 Å². The SMILES string of the molecule is CC(=O)OC1CCC2(C)C(=CCC3C2CCC2(C)C3CC[C@@]2(O)C#N)C1. The minimum Gasteiger partial charge on any atom is -0.462 e. The number of nitriles is 1. The Morgan fingerprint density at radius 3 is 2.65 bits per heavy atom. The number of carbonyl (C=O) groups is 1. The molecule has 7 atom stereocenters. The van der Waals surface area contributed by atoms with Gasteiger partial charge in [-0.2, -0.15) is 5.26 Å². The quantitative estimate of drug-likeness (QED) is 0.435. The van der Waals surface area contributed by atoms with Gasteiger partial charge in [-0.3, -0.25) is 4.79 Å². The van der Waals surface area contributed by atoms with Crippen molar-refractivity contribution < 1.29 is 14.6 Å². The molecule has 0 aliphatic heterocycles. The summed E-state index contributed by atoms with van der Waals surface area (Å²) in [7, 11) is 0. The average molecular weight is 357 g/mol. The Morgan fingerprint density at radius 2 is 1.96 bits per heavy atom. The summed E-state index contributed by atoms with van der Waals surface area (Å²) in [5.74, 6) is 1.45. The predicted molar refractivity (Wildman–Crippen MR) is 97.8 cm³/mol. The van der Waals surface area contributed by atoms with Crippen LogP contribution in [0.5, 0.6) is 0 Å². The fourth-order valence-corrected chi connectivity index (χ4v) is 7.16. The molecule has 0 aromatic carbocycles. The molecule has 142 valence electrons. The average Bonchev–Trinajstić information content (AvgIpc) is 2.87. The van der Waals surface area contributed by atoms with E-state index in [-0.39, 0.29) is 22.9 Å². The van der Waals surface area contributed by atoms with Gasteiger partial charge in [-0.15, -0.1) is 0 Å². The van der Waals surface area contributed by atoms with Crippen molar-refractivity contribution in [2.45, 2.75) is 83.8 Å². The normalized spacial score (nSPS) is 49.9. The molecule has 3 fully saturated rings. The summed E-state index contributed by atoms with van der Waals surface area (Å²) in [5.41, 5.74) is 0.252. The Balaban J connectivity index is 1.61. The van der Waals surface area contributed by atoms with Gasteiger partial charge in [0.2, 0.25) is 0 Å². The number of fused-ring (bicyclic) bond motifs is 5. The molecule has 6 unspecified atom stereocenters. The van der Waals surface area contributed by atoms with Crippen molar-refractivity contribution in [3.63, 3.8) is 0 Å². The van der Waals surface area contributed by atoms with E-state index in [4.69, 9.17) is 4.74 Å². The molecule has 0 amide bonds. The maximum Gasteiger partial charge on any atom is 0.302 e. The van der Waals surface area contributed by atoms with E-state index in [0.717, 1.165) is 44.9 Å². The first-order valence-corrected chi connectivity index (χ1v) is 10.2. The van der Waals surface area contributed by atoms with Crippen LogP contribution in [0.2, 0.25) is 0 Å². The van der Waals surface area contributed by atoms with Crippen molar-refractivity contribution in [2.75, 3.05) is 0 Å². The highest BCUT2D eigenvalue weighted by molar-refractivity contribution is 5.66. The number of esters is 1. The number of hydrogen-bond donors (Lipinski definition) is 1. The third-order valence-electron chi connectivity index (χ3n) is 8.73. The number of rotatable bonds is 1. The lowest BCUT2D eigenvalue weighted by Gasteiger charge is -2.58. The molecular formula is C22H31NO3. The molecule has 3 saturated carbocycles. The lowest BCUT2D eigenvalue weighted by molar-refractivity contribution is -0.149. The van der Waals surface area contributed by atoms with Crippen LogP contribution in [0.3, 0.4) is 0 Å². The molecule has 4 rings (SSSR count). The summed E-state index contributed by atoms with van der Waals surface area (Å²) >= 11 is 0. The first-order chi connectivity index (χ1) is 12.2. The van der Waals surface area contributed by atoms with Gasteiger partial charge in [-0.25, -0.2) is 0 Å². The Kier molecular flexibility index (Phi) is 4.04. The first kappa shape index (κ1) is 18.0. The van der Waals surface area contributed by atoms with E-state index in [9.17, 15) is 15.2 Å². The molecule has 0 bridgehead atoms. The van der Waals surface area contributed by atoms with E-state index in [1.54, 1.807) is 0 Å². The number of carbonyl (C=O) groups excluding carboxylic acids is 1. The van der Waals surface area contributed by atoms with Crippen LogP contribution in [0.4, 0.5) is 0 Å². The summed E-state index contributed by atoms with van der Waals surface area (Å²) in [6.07, 6.45) is 10.0. The highest BCUT2D eigenvalue weighted by Crippen LogP contribution is 2.67. The number of allylic oxidation sites excluding steroid dienone is 1. The molecular weight excluding hydrogens is 326 g/mol. The summed E-state index contributed by atoms with van der Waals surface area (Å²) in [6.45, 7) is 6.06. The fourth-order valence-electron chi connectivity index (χ4n) is 7.16. The van der Waals surface area contributed by atoms with E-state index in [2.05, 4.69) is 26.0 Å². The molecule has 4 heteroatoms. The second kappa shape index (κ2) is 5.83. The van der Waals surface area contributed by atoms with Crippen LogP contribution in [-0.2, 0) is 9.53 Å². The third kappa shape index (κ3) is 2.32. The predicted octanol–water partition coefficient (Wildman–Crippen LogP) is 4.14. The highest BCUT2D eigenvalue weighted by Gasteiger charge is 2.64. The standard InChI is InChI=1S/C22H31NO3/c1-14(24)26-16-6-9-20(2)15(12-16)4-5-17-18(20)7-10-21(3)19(17)8-11-22(21,25)13-23/h4,16-19,25H,5-12H2,1-3H3/t16?,17?,18?,19?,20?,21?,22-/m1/s1. The van der Waals surface area contributed by atoms with E-state index in [1.165, 1.54) is 12.5 Å². The van der Waals surface area contributed by atoms with Crippen LogP contribution in [0.1, 0.15) is 72.1 Å². The zero-order valence-electron chi connectivity index (χ0n) is 16.3. The van der Waals surface area contributed by atoms with Crippen molar-refractivity contribution >= 4 is 5.97 Å². The van der Waals surface area contributed by atoms with E-state index in [1.807, 2.05) is 0 Å². The van der Waals surface area contributed by atoms with E-state index in [0.29, 0.717) is 24.2 Å². The summed E-state index contributed by atoms with van der Waals surface area (Å²) in [4.78, 5) is 11.3. The van der Waals surface area contributed by atoms with Crippen LogP contribution in [0.25, 0.3) is 0 Å². The van der Waals surface area contributed by atoms with Gasteiger partial charge >= 0.3 is 5.97 Å². The summed E-state index contributed by atoms with van der Waals surface area (Å²) < 4.78 is 5.50. The Morgan fingerprint density at radius 1 is 1.23 bits per heavy atom. The number of nitrogens with zero attached hydrogens (tertiary/aromatic N) is 1. The van der Waals surface area contributed by atoms with Crippen molar-refractivity contribution in [3.8, 4) is 6.07 Å². The Bertz CT molecular complexity index is 694. The zero-order chi connectivity index (χ0) is 18.7. The van der Waals surface area contributed by atoms with Crippen LogP contribution in [-0.4, -0.2) is 22.8 Å². The maximum absolute atomic E-state index is 11.3. The highest BCUT2D eigenvalue weighted by atomic mass is 16.5. The van der Waals surface area contributed by atoms with E-state index < -0.39 is 5.60 Å². The van der Waals surface area contributed by atoms with Crippen molar-refractivity contribution in [2.24, 2.45) is 28.6 Å². The Labute approximate surface area is 156 Å². The topological polar surface area (TPSA) is 70.3 Å². The molecule has 0 spiro atoms. The lowest BCUT2D eigenvalue weighted by Crippen LogP contribution is -2.54. The second-order valence-electron chi connectivity index (χ2n) is 9.70. The fraction of sp³-hybridized carbons (Fsp3) is 0.818. The smallest absolute Gasteiger partial charge is 0.302 e. The zero-order valence-corrected chi connectivity index (χ0v) is 16.3. The van der Waals surface area contributed by atoms with Crippen LogP contribution >= 0.6 is 0 Å². The van der Waals surface area contributed by atoms with Gasteiger partial charge in [0, 0.05) is 18.8 Å². The molecule has 0 radical (unpaired) electrons. The molecule has 0 saturated heterocycles. The Hall–Kier alpha value is -1.34. The van der Waals surface area contributed by atoms with Crippen molar-refractivity contribution in [1.29, 1.82) is 5.26 Å². The molecule has 1 N–H and O–H groups in total. The number of aliphatic hydroxyl groups is 1. The molecule has 0 aromatic rings. The van der Waals surface area contributed by atoms with Gasteiger partial charge in [0.05, 0.1) is 6.07 Å². The van der Waals surface area contributed by atoms with Gasteiger partial charge < -0.3 is 9.84 Å². The van der Waals surface area contributed by atoms with E-state index >= 15 is 0 Å². The number of hydrogen-bond acceptors (Lipinski definition) is 4.